The molecule has 3 aliphatic heterocycles. The summed E-state index contributed by atoms with van der Waals surface area (Å²) in [5.41, 5.74) is 2.78. The molecule has 0 spiro atoms. The van der Waals surface area contributed by atoms with Crippen LogP contribution in [0.25, 0.3) is 10.8 Å². The number of hydrogen-bond acceptors (Lipinski definition) is 8. The second-order valence-electron chi connectivity index (χ2n) is 11.1. The number of nitrogens with zero attached hydrogens (tertiary/aromatic N) is 5. The van der Waals surface area contributed by atoms with Crippen LogP contribution in [0.1, 0.15) is 29.3 Å². The van der Waals surface area contributed by atoms with Crippen LogP contribution in [0, 0.1) is 0 Å². The predicted octanol–water partition coefficient (Wildman–Crippen LogP) is 4.33. The number of halogens is 2. The molecule has 1 unspecified atom stereocenters. The molecule has 0 saturated carbocycles. The molecular weight excluding hydrogens is 561 g/mol. The van der Waals surface area contributed by atoms with Gasteiger partial charge in [-0.2, -0.15) is 9.97 Å². The topological polar surface area (TPSA) is 80.3 Å². The van der Waals surface area contributed by atoms with Crippen molar-refractivity contribution in [1.29, 1.82) is 0 Å². The van der Waals surface area contributed by atoms with Crippen molar-refractivity contribution in [2.45, 2.75) is 37.7 Å². The lowest BCUT2D eigenvalue weighted by atomic mass is 9.94. The maximum Gasteiger partial charge on any atom is 0.318 e. The Kier molecular flexibility index (Phi) is 8.31. The third-order valence-corrected chi connectivity index (χ3v) is 8.89. The van der Waals surface area contributed by atoms with Gasteiger partial charge in [-0.05, 0) is 30.5 Å². The number of benzene rings is 2. The molecule has 42 heavy (non-hydrogen) atoms. The van der Waals surface area contributed by atoms with Gasteiger partial charge in [-0.1, -0.05) is 48.5 Å². The van der Waals surface area contributed by atoms with Gasteiger partial charge in [0.2, 0.25) is 0 Å². The number of methoxy groups -OCH3 is 1. The first kappa shape index (κ1) is 28.8. The molecule has 0 radical (unpaired) electrons. The Balaban J connectivity index is 1.29. The zero-order valence-corrected chi connectivity index (χ0v) is 24.6. The van der Waals surface area contributed by atoms with Crippen LogP contribution in [-0.2, 0) is 27.3 Å². The number of carbonyl (C=O) groups excluding carboxylic acids is 1. The fraction of sp³-hybridized carbons (Fsp3) is 0.452. The van der Waals surface area contributed by atoms with E-state index in [2.05, 4.69) is 29.5 Å². The molecule has 0 aliphatic carbocycles. The number of likely N-dealkylation sites (N-methyl/N-ethyl adjacent to an activating group) is 1. The van der Waals surface area contributed by atoms with Gasteiger partial charge in [0, 0.05) is 68.3 Å². The van der Waals surface area contributed by atoms with E-state index in [4.69, 9.17) is 35.8 Å². The van der Waals surface area contributed by atoms with Gasteiger partial charge < -0.3 is 24.0 Å². The molecular formula is C31H35ClFN5O4. The van der Waals surface area contributed by atoms with E-state index in [1.165, 1.54) is 4.90 Å². The van der Waals surface area contributed by atoms with Crippen molar-refractivity contribution >= 4 is 34.1 Å². The summed E-state index contributed by atoms with van der Waals surface area (Å²) in [5, 5.41) is 2.72. The van der Waals surface area contributed by atoms with E-state index >= 15 is 0 Å². The third kappa shape index (κ3) is 5.68. The second-order valence-corrected chi connectivity index (χ2v) is 11.5. The highest BCUT2D eigenvalue weighted by atomic mass is 35.5. The molecule has 3 aliphatic rings. The van der Waals surface area contributed by atoms with E-state index in [1.54, 1.807) is 7.11 Å². The number of carbonyl (C=O) groups is 1. The molecule has 3 aromatic rings. The number of amides is 1. The van der Waals surface area contributed by atoms with E-state index in [9.17, 15) is 9.18 Å². The molecule has 0 bridgehead atoms. The number of rotatable bonds is 7. The predicted molar refractivity (Wildman–Crippen MR) is 159 cm³/mol. The Bertz CT molecular complexity index is 1490. The Morgan fingerprint density at radius 1 is 1.17 bits per heavy atom. The Morgan fingerprint density at radius 2 is 1.93 bits per heavy atom. The van der Waals surface area contributed by atoms with Gasteiger partial charge >= 0.3 is 6.01 Å². The summed E-state index contributed by atoms with van der Waals surface area (Å²) in [5.74, 6) is -0.886. The van der Waals surface area contributed by atoms with Crippen LogP contribution < -0.4 is 9.64 Å². The normalized spacial score (nSPS) is 22.8. The number of fused-ring (bicyclic) bond motifs is 2. The van der Waals surface area contributed by atoms with Gasteiger partial charge in [-0.25, -0.2) is 4.39 Å². The Hall–Kier alpha value is -3.31. The van der Waals surface area contributed by atoms with Gasteiger partial charge in [-0.3, -0.25) is 9.69 Å². The molecule has 222 valence electrons. The molecule has 1 aromatic heterocycles. The minimum absolute atomic E-state index is 0.174. The maximum atomic E-state index is 13.5. The fourth-order valence-corrected chi connectivity index (χ4v) is 6.50. The van der Waals surface area contributed by atoms with Crippen LogP contribution in [0.4, 0.5) is 10.2 Å². The van der Waals surface area contributed by atoms with E-state index in [1.807, 2.05) is 30.3 Å². The van der Waals surface area contributed by atoms with Gasteiger partial charge in [0.1, 0.15) is 12.4 Å². The first-order valence-electron chi connectivity index (χ1n) is 14.3. The molecule has 2 fully saturated rings. The smallest absolute Gasteiger partial charge is 0.318 e. The summed E-state index contributed by atoms with van der Waals surface area (Å²) < 4.78 is 31.7. The highest BCUT2D eigenvalue weighted by Crippen LogP contribution is 2.39. The number of hydrogen-bond donors (Lipinski definition) is 0. The summed E-state index contributed by atoms with van der Waals surface area (Å²) in [4.78, 5) is 27.7. The minimum Gasteiger partial charge on any atom is -0.462 e. The van der Waals surface area contributed by atoms with Crippen molar-refractivity contribution in [3.05, 3.63) is 70.6 Å². The summed E-state index contributed by atoms with van der Waals surface area (Å²) in [6, 6.07) is 12.5. The van der Waals surface area contributed by atoms with Gasteiger partial charge in [0.05, 0.1) is 24.5 Å². The van der Waals surface area contributed by atoms with Gasteiger partial charge in [0.25, 0.3) is 5.91 Å². The van der Waals surface area contributed by atoms with E-state index < -0.39 is 11.7 Å². The van der Waals surface area contributed by atoms with Crippen LogP contribution in [0.3, 0.4) is 0 Å². The van der Waals surface area contributed by atoms with Crippen molar-refractivity contribution in [1.82, 2.24) is 19.8 Å². The molecule has 2 aromatic carbocycles. The lowest BCUT2D eigenvalue weighted by Gasteiger charge is -2.37. The third-order valence-electron chi connectivity index (χ3n) is 8.58. The van der Waals surface area contributed by atoms with E-state index in [0.29, 0.717) is 56.8 Å². The second kappa shape index (κ2) is 12.1. The van der Waals surface area contributed by atoms with Crippen LogP contribution in [-0.4, -0.2) is 91.3 Å². The molecule has 0 N–H and O–H groups in total. The number of anilines is 1. The Labute approximate surface area is 249 Å². The first-order valence-corrected chi connectivity index (χ1v) is 14.6. The van der Waals surface area contributed by atoms with Crippen LogP contribution in [0.2, 0.25) is 5.02 Å². The van der Waals surface area contributed by atoms with Crippen LogP contribution >= 0.6 is 11.6 Å². The summed E-state index contributed by atoms with van der Waals surface area (Å²) in [7, 11) is 3.80. The minimum atomic E-state index is -0.945. The van der Waals surface area contributed by atoms with Crippen molar-refractivity contribution in [3.63, 3.8) is 0 Å². The average molecular weight is 596 g/mol. The van der Waals surface area contributed by atoms with Crippen molar-refractivity contribution in [2.24, 2.45) is 0 Å². The van der Waals surface area contributed by atoms with Gasteiger partial charge in [-0.15, -0.1) is 0 Å². The standard InChI is InChI=1S/C31H35ClFN5O4/c1-19(33)30(39)38-12-10-37(11-13-38)29-24-18-41-27(23-8-4-6-20-7-5-9-25(32)28(20)23)15-26(24)34-31(35-29)42-17-21-14-22(40-3)16-36(21)2/h4-9,21-22,27H,1,10-18H2,2-3H3/t21-,22-,27?/m0/s1. The summed E-state index contributed by atoms with van der Waals surface area (Å²) in [6.07, 6.45) is 1.33. The molecule has 2 saturated heterocycles. The lowest BCUT2D eigenvalue weighted by molar-refractivity contribution is -0.128. The van der Waals surface area contributed by atoms with Crippen molar-refractivity contribution in [3.8, 4) is 6.01 Å². The van der Waals surface area contributed by atoms with Crippen LogP contribution in [0.15, 0.2) is 48.8 Å². The van der Waals surface area contributed by atoms with Gasteiger partial charge in [0.15, 0.2) is 5.83 Å². The number of piperazine rings is 1. The Morgan fingerprint density at radius 3 is 2.64 bits per heavy atom. The fourth-order valence-electron chi connectivity index (χ4n) is 6.21. The molecule has 3 atom stereocenters. The van der Waals surface area contributed by atoms with E-state index in [-0.39, 0.29) is 18.2 Å². The molecule has 1 amide bonds. The van der Waals surface area contributed by atoms with Crippen molar-refractivity contribution < 1.29 is 23.4 Å². The first-order chi connectivity index (χ1) is 20.3. The molecule has 11 heteroatoms. The zero-order valence-electron chi connectivity index (χ0n) is 23.9. The summed E-state index contributed by atoms with van der Waals surface area (Å²) >= 11 is 6.65. The highest BCUT2D eigenvalue weighted by Gasteiger charge is 2.33. The molecule has 9 nitrogen and oxygen atoms in total. The van der Waals surface area contributed by atoms with E-state index in [0.717, 1.165) is 46.4 Å². The molecule has 4 heterocycles. The number of ether oxygens (including phenoxy) is 3. The number of likely N-dealkylation sites (tertiary alicyclic amines) is 1. The monoisotopic (exact) mass is 595 g/mol. The maximum absolute atomic E-state index is 13.5. The van der Waals surface area contributed by atoms with Crippen molar-refractivity contribution in [2.75, 3.05) is 58.4 Å². The lowest BCUT2D eigenvalue weighted by Crippen LogP contribution is -2.49. The molecule has 6 rings (SSSR count). The number of aromatic nitrogens is 2. The summed E-state index contributed by atoms with van der Waals surface area (Å²) in [6.45, 7) is 6.47. The van der Waals surface area contributed by atoms with Crippen LogP contribution in [0.5, 0.6) is 6.01 Å². The quantitative estimate of drug-likeness (QED) is 0.374. The zero-order chi connectivity index (χ0) is 29.4. The SMILES string of the molecule is C=C(F)C(=O)N1CCN(c2nc(OC[C@@H]3C[C@H](OC)CN3C)nc3c2COC(c2cccc4cccc(Cl)c24)C3)CC1. The highest BCUT2D eigenvalue weighted by molar-refractivity contribution is 6.35. The largest absolute Gasteiger partial charge is 0.462 e. The average Bonchev–Trinajstić information content (AvgIpc) is 3.38.